The first-order valence-corrected chi connectivity index (χ1v) is 16.2. The molecule has 4 nitrogen and oxygen atoms in total. The van der Waals surface area contributed by atoms with Gasteiger partial charge in [0.1, 0.15) is 11.2 Å². The van der Waals surface area contributed by atoms with Crippen LogP contribution in [0.2, 0.25) is 0 Å². The summed E-state index contributed by atoms with van der Waals surface area (Å²) in [5, 5.41) is 1.59. The summed E-state index contributed by atoms with van der Waals surface area (Å²) in [6.45, 7) is 0. The lowest BCUT2D eigenvalue weighted by atomic mass is 9.99. The molecule has 0 spiro atoms. The lowest BCUT2D eigenvalue weighted by molar-refractivity contribution is 0.670. The van der Waals surface area contributed by atoms with Crippen LogP contribution in [0.4, 0.5) is 0 Å². The Hall–Kier alpha value is -6.43. The second-order valence-corrected chi connectivity index (χ2v) is 12.3. The number of rotatable bonds is 5. The number of thiophene rings is 1. The molecule has 0 aliphatic carbocycles. The quantitative estimate of drug-likeness (QED) is 0.183. The average molecular weight is 673 g/mol. The Labute approximate surface area is 313 Å². The van der Waals surface area contributed by atoms with Crippen LogP contribution in [0, 0.1) is 0 Å². The van der Waals surface area contributed by atoms with E-state index in [2.05, 4.69) is 0 Å². The van der Waals surface area contributed by atoms with E-state index >= 15 is 0 Å². The highest BCUT2D eigenvalue weighted by atomic mass is 32.1. The number of nitrogens with zero attached hydrogens (tertiary/aromatic N) is 3. The van der Waals surface area contributed by atoms with Crippen LogP contribution in [0.1, 0.15) is 20.6 Å². The zero-order chi connectivity index (χ0) is 46.1. The van der Waals surface area contributed by atoms with Crippen LogP contribution in [-0.2, 0) is 0 Å². The first-order chi connectivity index (χ1) is 31.0. The predicted octanol–water partition coefficient (Wildman–Crippen LogP) is 12.5. The van der Waals surface area contributed by atoms with Gasteiger partial charge < -0.3 is 4.42 Å². The number of aromatic nitrogens is 3. The van der Waals surface area contributed by atoms with Gasteiger partial charge in [-0.25, -0.2) is 15.0 Å². The predicted molar refractivity (Wildman–Crippen MR) is 207 cm³/mol. The van der Waals surface area contributed by atoms with E-state index in [0.29, 0.717) is 11.1 Å². The van der Waals surface area contributed by atoms with E-state index in [1.54, 1.807) is 35.6 Å². The molecule has 5 heteroatoms. The first-order valence-electron chi connectivity index (χ1n) is 22.9. The fourth-order valence-electron chi connectivity index (χ4n) is 5.84. The van der Waals surface area contributed by atoms with Gasteiger partial charge >= 0.3 is 0 Å². The van der Waals surface area contributed by atoms with Crippen molar-refractivity contribution in [3.8, 4) is 56.4 Å². The monoisotopic (exact) mass is 672 g/mol. The largest absolute Gasteiger partial charge is 0.455 e. The molecule has 0 amide bonds. The summed E-state index contributed by atoms with van der Waals surface area (Å²) < 4.78 is 141. The second kappa shape index (κ2) is 11.6. The summed E-state index contributed by atoms with van der Waals surface area (Å²) in [5.41, 5.74) is -2.05. The summed E-state index contributed by atoms with van der Waals surface area (Å²) in [4.78, 5) is 14.3. The molecule has 234 valence electrons. The molecule has 10 rings (SSSR count). The summed E-state index contributed by atoms with van der Waals surface area (Å²) >= 11 is 1.60. The van der Waals surface area contributed by atoms with E-state index in [9.17, 15) is 4.11 Å². The van der Waals surface area contributed by atoms with Crippen molar-refractivity contribution in [3.63, 3.8) is 0 Å². The van der Waals surface area contributed by atoms with E-state index in [0.717, 1.165) is 20.2 Å². The molecule has 0 unspecified atom stereocenters. The van der Waals surface area contributed by atoms with Gasteiger partial charge in [0.2, 0.25) is 0 Å². The fraction of sp³-hybridized carbons (Fsp3) is 0. The SMILES string of the molecule is [2H]c1c([2H])c([2H])c(-c2c([2H])c([2H])c(-c3c([2H])c([2H])c([2H])c4c3oc3c([2H])c(-c5nc(-c6ccccc6)nc(-c6ccc7c(c6)sc6ccccc67)n5)c([2H])c([2H])c34)c([2H])c2[2H])c([2H])c1[2H]. The topological polar surface area (TPSA) is 51.8 Å². The molecule has 0 bridgehead atoms. The average Bonchev–Trinajstić information content (AvgIpc) is 3.90. The molecule has 0 aliphatic rings. The molecule has 0 radical (unpaired) electrons. The maximum absolute atomic E-state index is 9.52. The standard InChI is InChI=1S/C45H27N3OS/c1-3-10-28(11-4-1)29-18-20-30(21-19-29)34-15-9-16-38-35-24-22-32(26-39(35)49-42(34)38)44-46-43(31-12-5-2-6-13-31)47-45(48-44)33-23-25-37-36-14-7-8-17-40(36)50-41(37)27-33/h1-27H/i1D,3D,4D,9D,10D,11D,15D,16D,18D,19D,20D,21D,22D,24D,26D. The van der Waals surface area contributed by atoms with E-state index < -0.39 is 118 Å². The van der Waals surface area contributed by atoms with Crippen molar-refractivity contribution in [2.45, 2.75) is 0 Å². The first kappa shape index (κ1) is 17.3. The van der Waals surface area contributed by atoms with E-state index in [-0.39, 0.29) is 39.4 Å². The van der Waals surface area contributed by atoms with Crippen LogP contribution >= 0.6 is 11.3 Å². The maximum Gasteiger partial charge on any atom is 0.164 e. The van der Waals surface area contributed by atoms with Gasteiger partial charge in [0.05, 0.1) is 20.6 Å². The Morgan fingerprint density at radius 1 is 0.460 bits per heavy atom. The summed E-state index contributed by atoms with van der Waals surface area (Å²) in [6, 6.07) is 12.1. The Balaban J connectivity index is 1.23. The number of para-hydroxylation sites is 1. The van der Waals surface area contributed by atoms with Crippen molar-refractivity contribution in [1.29, 1.82) is 0 Å². The normalized spacial score (nSPS) is 15.8. The van der Waals surface area contributed by atoms with Crippen LogP contribution in [0.15, 0.2) is 168 Å². The molecular weight excluding hydrogens is 631 g/mol. The molecule has 0 saturated carbocycles. The van der Waals surface area contributed by atoms with Crippen LogP contribution in [0.3, 0.4) is 0 Å². The van der Waals surface area contributed by atoms with Crippen molar-refractivity contribution in [3.05, 3.63) is 163 Å². The maximum atomic E-state index is 9.52. The van der Waals surface area contributed by atoms with Crippen LogP contribution in [0.25, 0.3) is 98.5 Å². The van der Waals surface area contributed by atoms with Gasteiger partial charge in [-0.1, -0.05) is 139 Å². The zero-order valence-electron chi connectivity index (χ0n) is 40.6. The smallest absolute Gasteiger partial charge is 0.164 e. The fourth-order valence-corrected chi connectivity index (χ4v) is 6.99. The van der Waals surface area contributed by atoms with Crippen LogP contribution < -0.4 is 0 Å². The molecule has 50 heavy (non-hydrogen) atoms. The minimum Gasteiger partial charge on any atom is -0.455 e. The zero-order valence-corrected chi connectivity index (χ0v) is 26.4. The van der Waals surface area contributed by atoms with Gasteiger partial charge in [-0.15, -0.1) is 11.3 Å². The van der Waals surface area contributed by atoms with Crippen molar-refractivity contribution < 1.29 is 25.0 Å². The molecule has 0 N–H and O–H groups in total. The van der Waals surface area contributed by atoms with Gasteiger partial charge in [0.15, 0.2) is 17.5 Å². The van der Waals surface area contributed by atoms with Crippen molar-refractivity contribution in [2.75, 3.05) is 0 Å². The molecule has 0 aliphatic heterocycles. The molecule has 10 aromatic rings. The molecule has 0 saturated heterocycles. The highest BCUT2D eigenvalue weighted by molar-refractivity contribution is 7.25. The Bertz CT molecular complexity index is 3680. The van der Waals surface area contributed by atoms with Gasteiger partial charge in [0.25, 0.3) is 0 Å². The van der Waals surface area contributed by atoms with Crippen molar-refractivity contribution in [1.82, 2.24) is 15.0 Å². The van der Waals surface area contributed by atoms with Crippen molar-refractivity contribution >= 4 is 53.4 Å². The third kappa shape index (κ3) is 4.87. The summed E-state index contributed by atoms with van der Waals surface area (Å²) in [6.07, 6.45) is 0. The lowest BCUT2D eigenvalue weighted by Gasteiger charge is -2.08. The van der Waals surface area contributed by atoms with Crippen LogP contribution in [0.5, 0.6) is 0 Å². The number of hydrogen-bond donors (Lipinski definition) is 0. The number of hydrogen-bond acceptors (Lipinski definition) is 5. The highest BCUT2D eigenvalue weighted by Crippen LogP contribution is 2.39. The molecule has 3 heterocycles. The minimum absolute atomic E-state index is 0.146. The van der Waals surface area contributed by atoms with Gasteiger partial charge in [-0.3, -0.25) is 0 Å². The van der Waals surface area contributed by atoms with Gasteiger partial charge in [0, 0.05) is 53.2 Å². The minimum atomic E-state index is -0.825. The third-order valence-corrected chi connectivity index (χ3v) is 9.35. The van der Waals surface area contributed by atoms with E-state index in [1.807, 2.05) is 48.5 Å². The van der Waals surface area contributed by atoms with E-state index in [1.165, 1.54) is 0 Å². The molecule has 0 fully saturated rings. The highest BCUT2D eigenvalue weighted by Gasteiger charge is 2.17. The summed E-state index contributed by atoms with van der Waals surface area (Å²) in [7, 11) is 0. The molecular formula is C45H27N3OS. The molecule has 7 aromatic carbocycles. The van der Waals surface area contributed by atoms with Gasteiger partial charge in [-0.05, 0) is 40.9 Å². The van der Waals surface area contributed by atoms with Crippen LogP contribution in [-0.4, -0.2) is 15.0 Å². The number of benzene rings is 7. The third-order valence-electron chi connectivity index (χ3n) is 8.21. The van der Waals surface area contributed by atoms with Gasteiger partial charge in [-0.2, -0.15) is 0 Å². The second-order valence-electron chi connectivity index (χ2n) is 11.2. The summed E-state index contributed by atoms with van der Waals surface area (Å²) in [5.74, 6) is 0.278. The number of fused-ring (bicyclic) bond motifs is 6. The van der Waals surface area contributed by atoms with Crippen molar-refractivity contribution in [2.24, 2.45) is 0 Å². The Morgan fingerprint density at radius 2 is 1.14 bits per heavy atom. The van der Waals surface area contributed by atoms with E-state index in [4.69, 9.17) is 35.8 Å². The number of furan rings is 1. The Kier molecular flexibility index (Phi) is 4.02. The molecule has 3 aromatic heterocycles. The molecule has 0 atom stereocenters. The lowest BCUT2D eigenvalue weighted by Crippen LogP contribution is -2.00. The Morgan fingerprint density at radius 3 is 1.98 bits per heavy atom.